The maximum atomic E-state index is 2.44. The van der Waals surface area contributed by atoms with Gasteiger partial charge in [-0.05, 0) is 0 Å². The van der Waals surface area contributed by atoms with Crippen molar-refractivity contribution in [2.75, 3.05) is 4.93 Å². The molecule has 0 aliphatic carbocycles. The van der Waals surface area contributed by atoms with E-state index in [4.69, 9.17) is 0 Å². The van der Waals surface area contributed by atoms with E-state index < -0.39 is 0 Å². The molecule has 0 spiro atoms. The van der Waals surface area contributed by atoms with E-state index in [1.54, 1.807) is 0 Å². The molecule has 0 aliphatic heterocycles. The van der Waals surface area contributed by atoms with Gasteiger partial charge in [0.05, 0.1) is 0 Å². The summed E-state index contributed by atoms with van der Waals surface area (Å²) in [6.45, 7) is 0. The Bertz CT molecular complexity index is 1040. The summed E-state index contributed by atoms with van der Waals surface area (Å²) in [7, 11) is 0. The van der Waals surface area contributed by atoms with E-state index in [1.165, 1.54) is 41.7 Å². The third kappa shape index (κ3) is 1.41. The summed E-state index contributed by atoms with van der Waals surface area (Å²) in [5, 5.41) is 5.58. The zero-order chi connectivity index (χ0) is 14.0. The summed E-state index contributed by atoms with van der Waals surface area (Å²) in [6, 6.07) is 22.4. The number of halogens is 1. The Hall–Kier alpha value is -1.81. The second-order valence-corrected chi connectivity index (χ2v) is 7.73. The summed E-state index contributed by atoms with van der Waals surface area (Å²) < 4.78 is 3.96. The van der Waals surface area contributed by atoms with Crippen LogP contribution in [0.3, 0.4) is 0 Å². The molecule has 0 atom stereocenters. The molecule has 2 aromatic heterocycles. The van der Waals surface area contributed by atoms with Crippen LogP contribution in [0.4, 0.5) is 0 Å². The molecule has 2 heterocycles. The fourth-order valence-corrected chi connectivity index (χ4v) is 4.77. The van der Waals surface area contributed by atoms with Crippen molar-refractivity contribution in [3.63, 3.8) is 0 Å². The minimum atomic E-state index is 0.0977. The van der Waals surface area contributed by atoms with Crippen LogP contribution in [-0.4, -0.2) is 9.33 Å². The van der Waals surface area contributed by atoms with Crippen molar-refractivity contribution in [2.24, 2.45) is 0 Å². The van der Waals surface area contributed by atoms with Crippen molar-refractivity contribution in [2.45, 2.75) is 0 Å². The van der Waals surface area contributed by atoms with Crippen LogP contribution < -0.4 is 21.2 Å². The van der Waals surface area contributed by atoms with Gasteiger partial charge in [0, 0.05) is 0 Å². The average Bonchev–Trinajstić information content (AvgIpc) is 3.05. The van der Waals surface area contributed by atoms with Gasteiger partial charge in [0.25, 0.3) is 0 Å². The predicted octanol–water partition coefficient (Wildman–Crippen LogP) is 1.73. The third-order valence-corrected chi connectivity index (χ3v) is 6.26. The van der Waals surface area contributed by atoms with Crippen molar-refractivity contribution in [3.05, 3.63) is 64.2 Å². The van der Waals surface area contributed by atoms with Crippen molar-refractivity contribution in [1.29, 1.82) is 0 Å². The second kappa shape index (κ2) is 4.10. The molecular weight excluding hydrogens is 369 g/mol. The molecule has 0 N–H and O–H groups in total. The topological polar surface area (TPSA) is 4.41 Å². The van der Waals surface area contributed by atoms with Crippen molar-refractivity contribution in [3.8, 4) is 0 Å². The van der Waals surface area contributed by atoms with Crippen LogP contribution in [0.2, 0.25) is 0 Å². The molecule has 0 unspecified atom stereocenters. The molecule has 0 saturated carbocycles. The van der Waals surface area contributed by atoms with Crippen molar-refractivity contribution >= 4 is 38.1 Å². The molecule has 1 nitrogen and oxygen atoms in total. The molecule has 0 aliphatic rings. The van der Waals surface area contributed by atoms with Crippen LogP contribution in [0.25, 0.3) is 38.1 Å². The molecule has 3 aromatic carbocycles. The van der Waals surface area contributed by atoms with Gasteiger partial charge in [-0.3, -0.25) is 0 Å². The maximum absolute atomic E-state index is 2.44. The quantitative estimate of drug-likeness (QED) is 0.307. The number of para-hydroxylation sites is 2. The summed E-state index contributed by atoms with van der Waals surface area (Å²) >= 11 is 0.0977. The molecule has 5 rings (SSSR count). The van der Waals surface area contributed by atoms with Crippen LogP contribution in [-0.2, 0) is 0 Å². The molecule has 0 fully saturated rings. The van der Waals surface area contributed by atoms with Crippen LogP contribution in [0.15, 0.2) is 60.7 Å². The fraction of sp³-hybridized carbons (Fsp3) is 0.0526. The molecule has 2 heteroatoms. The Labute approximate surface area is 132 Å². The number of rotatable bonds is 1. The van der Waals surface area contributed by atoms with Crippen LogP contribution in [0.1, 0.15) is 0 Å². The monoisotopic (exact) mass is 382 g/mol. The number of benzene rings is 3. The zero-order valence-electron chi connectivity index (χ0n) is 11.6. The van der Waals surface area contributed by atoms with E-state index in [-0.39, 0.29) is 21.2 Å². The van der Waals surface area contributed by atoms with Gasteiger partial charge in [-0.25, -0.2) is 0 Å². The Morgan fingerprint density at radius 1 is 0.714 bits per heavy atom. The Balaban J connectivity index is 2.24. The van der Waals surface area contributed by atoms with E-state index in [9.17, 15) is 0 Å². The van der Waals surface area contributed by atoms with Gasteiger partial charge >= 0.3 is 133 Å². The molecule has 5 aromatic rings. The molecule has 0 radical (unpaired) electrons. The molecule has 0 amide bonds. The van der Waals surface area contributed by atoms with Gasteiger partial charge < -0.3 is 0 Å². The van der Waals surface area contributed by atoms with Crippen molar-refractivity contribution in [1.82, 2.24) is 4.40 Å². The van der Waals surface area contributed by atoms with Gasteiger partial charge in [0.15, 0.2) is 0 Å². The van der Waals surface area contributed by atoms with E-state index in [2.05, 4.69) is 70.0 Å². The van der Waals surface area contributed by atoms with Gasteiger partial charge in [-0.2, -0.15) is 0 Å². The average molecular weight is 382 g/mol. The number of nitrogens with zero attached hydrogens (tertiary/aromatic N) is 1. The third-order valence-electron chi connectivity index (χ3n) is 4.39. The first-order valence-electron chi connectivity index (χ1n) is 7.05. The SMILES string of the molecule is C[I-]c1cc2c3ccccc3n3c4ccccc4c(c1)c23. The first-order valence-corrected chi connectivity index (χ1v) is 10.3. The van der Waals surface area contributed by atoms with Gasteiger partial charge in [0.1, 0.15) is 0 Å². The van der Waals surface area contributed by atoms with E-state index in [1.807, 2.05) is 0 Å². The number of alkyl halides is 1. The molecule has 0 saturated heterocycles. The molecule has 0 bridgehead atoms. The Morgan fingerprint density at radius 2 is 1.24 bits per heavy atom. The Morgan fingerprint density at radius 3 is 1.76 bits per heavy atom. The number of aromatic nitrogens is 1. The number of fused-ring (bicyclic) bond motifs is 6. The van der Waals surface area contributed by atoms with Gasteiger partial charge in [-0.15, -0.1) is 0 Å². The first-order chi connectivity index (χ1) is 10.4. The number of hydrogen-bond acceptors (Lipinski definition) is 0. The van der Waals surface area contributed by atoms with E-state index >= 15 is 0 Å². The van der Waals surface area contributed by atoms with Crippen LogP contribution in [0.5, 0.6) is 0 Å². The van der Waals surface area contributed by atoms with E-state index in [0.29, 0.717) is 0 Å². The van der Waals surface area contributed by atoms with Crippen molar-refractivity contribution < 1.29 is 21.2 Å². The van der Waals surface area contributed by atoms with Gasteiger partial charge in [-0.1, -0.05) is 0 Å². The summed E-state index contributed by atoms with van der Waals surface area (Å²) in [5.41, 5.74) is 4.04. The molecule has 21 heavy (non-hydrogen) atoms. The van der Waals surface area contributed by atoms with E-state index in [0.717, 1.165) is 0 Å². The summed E-state index contributed by atoms with van der Waals surface area (Å²) in [6.07, 6.45) is 0. The minimum absolute atomic E-state index is 0.0977. The predicted molar refractivity (Wildman–Crippen MR) is 85.7 cm³/mol. The first kappa shape index (κ1) is 11.8. The van der Waals surface area contributed by atoms with Gasteiger partial charge in [0.2, 0.25) is 0 Å². The summed E-state index contributed by atoms with van der Waals surface area (Å²) in [5.74, 6) is 0. The van der Waals surface area contributed by atoms with Crippen LogP contribution in [0, 0.1) is 3.57 Å². The standard InChI is InChI=1S/C19H13IN/c1-20-12-10-15-13-6-2-4-8-17(13)21-18-9-5-3-7-14(18)16(11-12)19(15)21/h2-11H,1H3/q-1. The van der Waals surface area contributed by atoms with Crippen LogP contribution >= 0.6 is 0 Å². The normalized spacial score (nSPS) is 12.4. The Kier molecular flexibility index (Phi) is 2.31. The molecule has 102 valence electrons. The second-order valence-electron chi connectivity index (χ2n) is 5.41. The fourth-order valence-electron chi connectivity index (χ4n) is 3.52. The zero-order valence-corrected chi connectivity index (χ0v) is 13.8. The molecular formula is C19H13IN-. The summed E-state index contributed by atoms with van der Waals surface area (Å²) in [4.78, 5) is 2.34. The number of hydrogen-bond donors (Lipinski definition) is 0.